The third-order valence-corrected chi connectivity index (χ3v) is 11.6. The maximum Gasteiger partial charge on any atom is 0.698 e. The predicted molar refractivity (Wildman–Crippen MR) is 219 cm³/mol. The SMILES string of the molecule is CCCCCCCCCCCCc1ccc(CO[P+](=O)OCc2ccc(CCCCCCCCCCCC)c(CC)c2CC)c(CC)c1CC. The number of hydrogen-bond donors (Lipinski definition) is 0. The summed E-state index contributed by atoms with van der Waals surface area (Å²) in [6.07, 6.45) is 33.7. The number of benzene rings is 2. The zero-order chi connectivity index (χ0) is 36.2. The molecule has 0 aliphatic rings. The van der Waals surface area contributed by atoms with Gasteiger partial charge in [0.1, 0.15) is 13.2 Å². The monoisotopic (exact) mass is 710 g/mol. The molecule has 0 bridgehead atoms. The molecule has 0 N–H and O–H groups in total. The highest BCUT2D eigenvalue weighted by atomic mass is 31.1. The second-order valence-corrected chi connectivity index (χ2v) is 15.7. The summed E-state index contributed by atoms with van der Waals surface area (Å²) >= 11 is 0. The predicted octanol–water partition coefficient (Wildman–Crippen LogP) is 15.3. The zero-order valence-corrected chi connectivity index (χ0v) is 34.7. The van der Waals surface area contributed by atoms with Gasteiger partial charge in [-0.3, -0.25) is 0 Å². The van der Waals surface area contributed by atoms with E-state index in [0.717, 1.165) is 49.7 Å². The Morgan fingerprint density at radius 3 is 0.940 bits per heavy atom. The van der Waals surface area contributed by atoms with Crippen molar-refractivity contribution in [2.75, 3.05) is 0 Å². The first kappa shape index (κ1) is 44.6. The average Bonchev–Trinajstić information content (AvgIpc) is 3.14. The minimum Gasteiger partial charge on any atom is -0.114 e. The molecule has 2 rings (SSSR count). The van der Waals surface area contributed by atoms with Gasteiger partial charge in [0.25, 0.3) is 0 Å². The zero-order valence-electron chi connectivity index (χ0n) is 33.8. The first-order chi connectivity index (χ1) is 24.5. The van der Waals surface area contributed by atoms with Crippen LogP contribution in [0.4, 0.5) is 0 Å². The van der Waals surface area contributed by atoms with Gasteiger partial charge in [-0.2, -0.15) is 0 Å². The summed E-state index contributed by atoms with van der Waals surface area (Å²) in [7, 11) is -2.20. The van der Waals surface area contributed by atoms with Crippen molar-refractivity contribution in [3.63, 3.8) is 0 Å². The minimum absolute atomic E-state index is 0.336. The van der Waals surface area contributed by atoms with Crippen LogP contribution in [0, 0.1) is 0 Å². The van der Waals surface area contributed by atoms with Crippen LogP contribution >= 0.6 is 8.25 Å². The summed E-state index contributed by atoms with van der Waals surface area (Å²) in [5, 5.41) is 0. The molecule has 0 saturated carbocycles. The molecular formula is C46H78O3P+. The van der Waals surface area contributed by atoms with Crippen LogP contribution in [-0.4, -0.2) is 0 Å². The van der Waals surface area contributed by atoms with Crippen LogP contribution in [0.25, 0.3) is 0 Å². The lowest BCUT2D eigenvalue weighted by molar-refractivity contribution is 0.212. The number of unbranched alkanes of at least 4 members (excludes halogenated alkanes) is 18. The van der Waals surface area contributed by atoms with Crippen molar-refractivity contribution in [3.8, 4) is 0 Å². The van der Waals surface area contributed by atoms with Gasteiger partial charge in [-0.05, 0) is 95.9 Å². The fourth-order valence-corrected chi connectivity index (χ4v) is 8.53. The standard InChI is InChI=1S/C46H78O3P/c1-7-13-15-17-19-21-23-25-27-29-31-39-33-35-41(45(11-5)43(39)9-3)37-48-50(47)49-38-42-36-34-40(44(10-4)46(42)12-6)32-30-28-26-24-22-20-18-16-14-8-2/h33-36H,7-32,37-38H2,1-6H3/q+1. The van der Waals surface area contributed by atoms with Gasteiger partial charge in [0.05, 0.1) is 0 Å². The van der Waals surface area contributed by atoms with Gasteiger partial charge < -0.3 is 0 Å². The highest BCUT2D eigenvalue weighted by Gasteiger charge is 2.24. The van der Waals surface area contributed by atoms with E-state index in [4.69, 9.17) is 9.05 Å². The van der Waals surface area contributed by atoms with Crippen molar-refractivity contribution < 1.29 is 13.6 Å². The third-order valence-electron chi connectivity index (χ3n) is 10.9. The van der Waals surface area contributed by atoms with E-state index in [2.05, 4.69) is 65.8 Å². The molecule has 0 spiro atoms. The first-order valence-corrected chi connectivity index (χ1v) is 22.6. The van der Waals surface area contributed by atoms with E-state index in [1.165, 1.54) is 162 Å². The normalized spacial score (nSPS) is 11.5. The molecule has 284 valence electrons. The molecule has 0 atom stereocenters. The van der Waals surface area contributed by atoms with Crippen LogP contribution in [0.3, 0.4) is 0 Å². The van der Waals surface area contributed by atoms with Gasteiger partial charge in [0.15, 0.2) is 0 Å². The molecule has 2 aromatic carbocycles. The second-order valence-electron chi connectivity index (χ2n) is 14.7. The average molecular weight is 710 g/mol. The second kappa shape index (κ2) is 29.0. The maximum atomic E-state index is 13.0. The molecule has 0 heterocycles. The molecular weight excluding hydrogens is 631 g/mol. The Bertz CT molecular complexity index is 1080. The lowest BCUT2D eigenvalue weighted by atomic mass is 9.90. The molecule has 4 heteroatoms. The van der Waals surface area contributed by atoms with E-state index in [1.54, 1.807) is 0 Å². The molecule has 50 heavy (non-hydrogen) atoms. The van der Waals surface area contributed by atoms with Gasteiger partial charge in [-0.1, -0.05) is 181 Å². The lowest BCUT2D eigenvalue weighted by Gasteiger charge is -2.17. The summed E-state index contributed by atoms with van der Waals surface area (Å²) in [6, 6.07) is 9.02. The highest BCUT2D eigenvalue weighted by Crippen LogP contribution is 2.32. The highest BCUT2D eigenvalue weighted by molar-refractivity contribution is 7.33. The summed E-state index contributed by atoms with van der Waals surface area (Å²) in [4.78, 5) is 0. The van der Waals surface area contributed by atoms with E-state index in [9.17, 15) is 4.57 Å². The van der Waals surface area contributed by atoms with E-state index in [-0.39, 0.29) is 0 Å². The smallest absolute Gasteiger partial charge is 0.114 e. The van der Waals surface area contributed by atoms with Gasteiger partial charge >= 0.3 is 8.25 Å². The summed E-state index contributed by atoms with van der Waals surface area (Å²) < 4.78 is 24.7. The fourth-order valence-electron chi connectivity index (χ4n) is 7.97. The van der Waals surface area contributed by atoms with Crippen molar-refractivity contribution in [2.45, 2.75) is 222 Å². The van der Waals surface area contributed by atoms with Gasteiger partial charge in [-0.15, -0.1) is 9.05 Å². The molecule has 0 aromatic heterocycles. The van der Waals surface area contributed by atoms with Crippen LogP contribution in [-0.2, 0) is 65.4 Å². The molecule has 0 radical (unpaired) electrons. The van der Waals surface area contributed by atoms with Gasteiger partial charge in [0.2, 0.25) is 0 Å². The third kappa shape index (κ3) is 17.3. The van der Waals surface area contributed by atoms with Crippen LogP contribution in [0.5, 0.6) is 0 Å². The lowest BCUT2D eigenvalue weighted by Crippen LogP contribution is -2.05. The summed E-state index contributed by atoms with van der Waals surface area (Å²) in [5.74, 6) is 0. The van der Waals surface area contributed by atoms with Crippen molar-refractivity contribution >= 4 is 8.25 Å². The molecule has 2 aromatic rings. The van der Waals surface area contributed by atoms with E-state index >= 15 is 0 Å². The van der Waals surface area contributed by atoms with Gasteiger partial charge in [-0.25, -0.2) is 0 Å². The first-order valence-electron chi connectivity index (χ1n) is 21.5. The number of hydrogen-bond acceptors (Lipinski definition) is 3. The van der Waals surface area contributed by atoms with Gasteiger partial charge in [0, 0.05) is 4.57 Å². The van der Waals surface area contributed by atoms with Crippen LogP contribution in [0.2, 0.25) is 0 Å². The minimum atomic E-state index is -2.20. The molecule has 0 saturated heterocycles. The van der Waals surface area contributed by atoms with Crippen LogP contribution in [0.1, 0.15) is 214 Å². The van der Waals surface area contributed by atoms with Crippen LogP contribution < -0.4 is 0 Å². The molecule has 0 aliphatic carbocycles. The van der Waals surface area contributed by atoms with Crippen molar-refractivity contribution in [3.05, 3.63) is 68.8 Å². The van der Waals surface area contributed by atoms with Crippen molar-refractivity contribution in [1.82, 2.24) is 0 Å². The largest absolute Gasteiger partial charge is 0.698 e. The van der Waals surface area contributed by atoms with Crippen molar-refractivity contribution in [2.24, 2.45) is 0 Å². The molecule has 0 fully saturated rings. The fraction of sp³-hybridized carbons (Fsp3) is 0.739. The maximum absolute atomic E-state index is 13.0. The molecule has 3 nitrogen and oxygen atoms in total. The Kier molecular flexibility index (Phi) is 25.9. The quantitative estimate of drug-likeness (QED) is 0.0560. The Morgan fingerprint density at radius 1 is 0.380 bits per heavy atom. The van der Waals surface area contributed by atoms with Crippen molar-refractivity contribution in [1.29, 1.82) is 0 Å². The van der Waals surface area contributed by atoms with Crippen LogP contribution in [0.15, 0.2) is 24.3 Å². The Balaban J connectivity index is 1.82. The summed E-state index contributed by atoms with van der Waals surface area (Å²) in [5.41, 5.74) is 11.0. The molecule has 0 amide bonds. The molecule has 0 unspecified atom stereocenters. The van der Waals surface area contributed by atoms with E-state index in [1.807, 2.05) is 0 Å². The Labute approximate surface area is 311 Å². The topological polar surface area (TPSA) is 35.5 Å². The Morgan fingerprint density at radius 2 is 0.640 bits per heavy atom. The Hall–Kier alpha value is -1.54. The summed E-state index contributed by atoms with van der Waals surface area (Å²) in [6.45, 7) is 14.2. The number of rotatable bonds is 32. The number of aryl methyl sites for hydroxylation is 2. The molecule has 0 aliphatic heterocycles. The van der Waals surface area contributed by atoms with E-state index in [0.29, 0.717) is 13.2 Å². The van der Waals surface area contributed by atoms with E-state index < -0.39 is 8.25 Å².